The summed E-state index contributed by atoms with van der Waals surface area (Å²) in [5.41, 5.74) is 10.3. The molecule has 3 saturated heterocycles. The van der Waals surface area contributed by atoms with Crippen LogP contribution in [0.5, 0.6) is 0 Å². The van der Waals surface area contributed by atoms with Gasteiger partial charge < -0.3 is 44.6 Å². The average Bonchev–Trinajstić information content (AvgIpc) is 4.11. The van der Waals surface area contributed by atoms with Crippen LogP contribution in [0, 0.1) is 11.8 Å². The van der Waals surface area contributed by atoms with Gasteiger partial charge in [0.05, 0.1) is 67.9 Å². The Kier molecular flexibility index (Phi) is 10.8. The molecule has 4 atom stereocenters. The van der Waals surface area contributed by atoms with Gasteiger partial charge in [0, 0.05) is 13.1 Å². The smallest absolute Gasteiger partial charge is 0.407 e. The Morgan fingerprint density at radius 1 is 0.726 bits per heavy atom. The Morgan fingerprint density at radius 3 is 1.81 bits per heavy atom. The topological polar surface area (TPSA) is 184 Å². The van der Waals surface area contributed by atoms with Crippen LogP contribution >= 0.6 is 0 Å². The van der Waals surface area contributed by atoms with Crippen LogP contribution in [0.15, 0.2) is 60.8 Å². The standard InChI is InChI=1S/C47H54N8O7/c1-25(2)39(52-45(58)60-5)43(56)54-17-7-9-37(54)41-48-22-36(51-41)29-12-15-31-30-14-11-27(19-32(30)47(23-62-24-47)33(31)20-29)28-13-16-34-35(21-28)50-42(49-34)38-10-8-18-55(38)44(57)40(26(3)4)53-46(59)61-6/h11-16,19-22,25-26,37-40H,7-10,17-18,23-24H2,1-6H3,(H,48,51)(H,49,50)(H,52,58)(H,53,59)/t37-,38-,39-,40-/m0/s1. The van der Waals surface area contributed by atoms with Crippen LogP contribution < -0.4 is 10.6 Å². The number of methoxy groups -OCH3 is 2. The first kappa shape index (κ1) is 41.1. The van der Waals surface area contributed by atoms with E-state index in [0.29, 0.717) is 26.3 Å². The predicted octanol–water partition coefficient (Wildman–Crippen LogP) is 7.00. The van der Waals surface area contributed by atoms with E-state index < -0.39 is 24.3 Å². The van der Waals surface area contributed by atoms with Crippen molar-refractivity contribution in [3.8, 4) is 33.5 Å². The van der Waals surface area contributed by atoms with E-state index in [1.54, 1.807) is 0 Å². The van der Waals surface area contributed by atoms with Crippen molar-refractivity contribution in [2.75, 3.05) is 40.5 Å². The molecule has 5 heterocycles. The summed E-state index contributed by atoms with van der Waals surface area (Å²) in [4.78, 5) is 72.1. The van der Waals surface area contributed by atoms with E-state index in [-0.39, 0.29) is 41.1 Å². The maximum atomic E-state index is 13.7. The molecule has 9 rings (SSSR count). The van der Waals surface area contributed by atoms with E-state index in [0.717, 1.165) is 70.7 Å². The highest BCUT2D eigenvalue weighted by Gasteiger charge is 2.49. The fraction of sp³-hybridized carbons (Fsp3) is 0.447. The molecule has 15 nitrogen and oxygen atoms in total. The molecule has 324 valence electrons. The molecule has 0 radical (unpaired) electrons. The maximum Gasteiger partial charge on any atom is 0.407 e. The van der Waals surface area contributed by atoms with Crippen LogP contribution in [0.4, 0.5) is 9.59 Å². The third-order valence-corrected chi connectivity index (χ3v) is 13.3. The number of hydrogen-bond acceptors (Lipinski definition) is 9. The van der Waals surface area contributed by atoms with Gasteiger partial charge in [-0.1, -0.05) is 58.0 Å². The number of amides is 4. The molecule has 1 spiro atoms. The lowest BCUT2D eigenvalue weighted by Gasteiger charge is -2.40. The number of alkyl carbamates (subject to hydrolysis) is 2. The number of hydrogen-bond donors (Lipinski definition) is 4. The quantitative estimate of drug-likeness (QED) is 0.115. The van der Waals surface area contributed by atoms with E-state index >= 15 is 0 Å². The number of aromatic amines is 2. The normalized spacial score (nSPS) is 19.7. The van der Waals surface area contributed by atoms with Gasteiger partial charge in [0.1, 0.15) is 23.7 Å². The third kappa shape index (κ3) is 7.05. The van der Waals surface area contributed by atoms with Crippen molar-refractivity contribution in [3.63, 3.8) is 0 Å². The van der Waals surface area contributed by atoms with E-state index in [2.05, 4.69) is 69.1 Å². The van der Waals surface area contributed by atoms with Gasteiger partial charge in [0.2, 0.25) is 11.8 Å². The molecule has 0 saturated carbocycles. The van der Waals surface area contributed by atoms with Crippen LogP contribution in [-0.4, -0.2) is 106 Å². The van der Waals surface area contributed by atoms with Crippen molar-refractivity contribution < 1.29 is 33.4 Å². The molecule has 15 heteroatoms. The number of H-pyrrole nitrogens is 2. The summed E-state index contributed by atoms with van der Waals surface area (Å²) in [7, 11) is 2.59. The predicted molar refractivity (Wildman–Crippen MR) is 232 cm³/mol. The molecular weight excluding hydrogens is 789 g/mol. The van der Waals surface area contributed by atoms with Crippen molar-refractivity contribution in [2.24, 2.45) is 11.8 Å². The Bertz CT molecular complexity index is 2560. The SMILES string of the molecule is COC(=O)N[C@H](C(=O)N1CCC[C@H]1c1ncc(-c2ccc3c(c2)C2(COC2)c2cc(-c4ccc5nc([C@@H]6CCCN6C(=O)[C@@H](NC(=O)OC)C(C)C)[nH]c5c4)ccc2-3)[nH]1)C(C)C. The van der Waals surface area contributed by atoms with Crippen LogP contribution in [0.25, 0.3) is 44.5 Å². The monoisotopic (exact) mass is 842 g/mol. The number of fused-ring (bicyclic) bond motifs is 6. The molecule has 3 aliphatic heterocycles. The van der Waals surface area contributed by atoms with Gasteiger partial charge >= 0.3 is 12.2 Å². The van der Waals surface area contributed by atoms with Gasteiger partial charge in [-0.05, 0) is 101 Å². The van der Waals surface area contributed by atoms with Gasteiger partial charge in [0.25, 0.3) is 0 Å². The fourth-order valence-corrected chi connectivity index (χ4v) is 9.86. The zero-order valence-corrected chi connectivity index (χ0v) is 36.0. The lowest BCUT2D eigenvalue weighted by atomic mass is 9.75. The summed E-state index contributed by atoms with van der Waals surface area (Å²) < 4.78 is 15.6. The lowest BCUT2D eigenvalue weighted by molar-refractivity contribution is -0.136. The van der Waals surface area contributed by atoms with Crippen molar-refractivity contribution in [1.29, 1.82) is 0 Å². The average molecular weight is 843 g/mol. The van der Waals surface area contributed by atoms with Crippen LogP contribution in [-0.2, 0) is 29.2 Å². The van der Waals surface area contributed by atoms with Crippen molar-refractivity contribution in [3.05, 3.63) is 83.6 Å². The first-order chi connectivity index (χ1) is 29.9. The largest absolute Gasteiger partial charge is 0.453 e. The molecule has 0 bridgehead atoms. The minimum Gasteiger partial charge on any atom is -0.453 e. The molecule has 1 aliphatic carbocycles. The highest BCUT2D eigenvalue weighted by atomic mass is 16.5. The summed E-state index contributed by atoms with van der Waals surface area (Å²) in [5, 5.41) is 5.44. The van der Waals surface area contributed by atoms with E-state index in [1.165, 1.54) is 36.5 Å². The van der Waals surface area contributed by atoms with Crippen LogP contribution in [0.1, 0.15) is 88.2 Å². The molecule has 5 aromatic rings. The molecular formula is C47H54N8O7. The Labute approximate surface area is 360 Å². The second-order valence-corrected chi connectivity index (χ2v) is 17.7. The molecule has 4 amide bonds. The van der Waals surface area contributed by atoms with Gasteiger partial charge in [-0.25, -0.2) is 19.6 Å². The number of nitrogens with one attached hydrogen (secondary N) is 4. The Balaban J connectivity index is 0.954. The van der Waals surface area contributed by atoms with Gasteiger partial charge in [0.15, 0.2) is 0 Å². The number of ether oxygens (including phenoxy) is 3. The number of aromatic nitrogens is 4. The second kappa shape index (κ2) is 16.2. The number of carbonyl (C=O) groups excluding carboxylic acids is 4. The fourth-order valence-electron chi connectivity index (χ4n) is 9.86. The summed E-state index contributed by atoms with van der Waals surface area (Å²) >= 11 is 0. The van der Waals surface area contributed by atoms with Crippen molar-refractivity contribution in [1.82, 2.24) is 40.4 Å². The number of likely N-dealkylation sites (tertiary alicyclic amines) is 2. The van der Waals surface area contributed by atoms with Gasteiger partial charge in [-0.15, -0.1) is 0 Å². The number of benzene rings is 3. The highest BCUT2D eigenvalue weighted by Crippen LogP contribution is 2.54. The molecule has 4 N–H and O–H groups in total. The van der Waals surface area contributed by atoms with Crippen molar-refractivity contribution in [2.45, 2.75) is 83.0 Å². The zero-order valence-electron chi connectivity index (χ0n) is 36.0. The summed E-state index contributed by atoms with van der Waals surface area (Å²) in [6, 6.07) is 17.7. The molecule has 2 aromatic heterocycles. The van der Waals surface area contributed by atoms with Crippen LogP contribution in [0.2, 0.25) is 0 Å². The van der Waals surface area contributed by atoms with E-state index in [1.807, 2.05) is 49.8 Å². The minimum absolute atomic E-state index is 0.116. The Morgan fingerprint density at radius 2 is 1.26 bits per heavy atom. The highest BCUT2D eigenvalue weighted by molar-refractivity contribution is 5.90. The second-order valence-electron chi connectivity index (χ2n) is 17.7. The number of rotatable bonds is 10. The van der Waals surface area contributed by atoms with E-state index in [4.69, 9.17) is 24.2 Å². The third-order valence-electron chi connectivity index (χ3n) is 13.3. The number of imidazole rings is 2. The lowest BCUT2D eigenvalue weighted by Crippen LogP contribution is -2.51. The van der Waals surface area contributed by atoms with Crippen LogP contribution in [0.3, 0.4) is 0 Å². The number of nitrogens with zero attached hydrogens (tertiary/aromatic N) is 4. The molecule has 62 heavy (non-hydrogen) atoms. The van der Waals surface area contributed by atoms with Crippen molar-refractivity contribution >= 4 is 35.0 Å². The molecule has 3 fully saturated rings. The maximum absolute atomic E-state index is 13.7. The minimum atomic E-state index is -0.701. The van der Waals surface area contributed by atoms with Gasteiger partial charge in [-0.2, -0.15) is 0 Å². The number of carbonyl (C=O) groups is 4. The summed E-state index contributed by atoms with van der Waals surface area (Å²) in [6.07, 6.45) is 3.83. The first-order valence-electron chi connectivity index (χ1n) is 21.6. The molecule has 3 aromatic carbocycles. The molecule has 0 unspecified atom stereocenters. The van der Waals surface area contributed by atoms with Gasteiger partial charge in [-0.3, -0.25) is 9.59 Å². The Hall–Kier alpha value is -6.22. The zero-order chi connectivity index (χ0) is 43.4. The molecule has 4 aliphatic rings. The summed E-state index contributed by atoms with van der Waals surface area (Å²) in [6.45, 7) is 9.97. The first-order valence-corrected chi connectivity index (χ1v) is 21.6. The summed E-state index contributed by atoms with van der Waals surface area (Å²) in [5.74, 6) is 0.951. The van der Waals surface area contributed by atoms with E-state index in [9.17, 15) is 19.2 Å².